The first-order chi connectivity index (χ1) is 17.0. The monoisotopic (exact) mass is 486 g/mol. The van der Waals surface area contributed by atoms with Crippen LogP contribution in [0, 0.1) is 10.1 Å². The molecule has 2 N–H and O–H groups in total. The first-order valence-corrected chi connectivity index (χ1v) is 11.4. The normalized spacial score (nSPS) is 17.7. The molecular weight excluding hydrogens is 456 g/mol. The third-order valence-electron chi connectivity index (χ3n) is 5.38. The van der Waals surface area contributed by atoms with E-state index in [0.717, 1.165) is 18.9 Å². The van der Waals surface area contributed by atoms with E-state index < -0.39 is 4.92 Å². The Morgan fingerprint density at radius 1 is 0.714 bits per heavy atom. The molecule has 2 amide bonds. The Labute approximate surface area is 203 Å². The number of nitrogens with zero attached hydrogens (tertiary/aromatic N) is 3. The quantitative estimate of drug-likeness (QED) is 0.397. The number of nitro groups is 1. The van der Waals surface area contributed by atoms with Gasteiger partial charge < -0.3 is 29.7 Å². The third-order valence-corrected chi connectivity index (χ3v) is 5.38. The van der Waals surface area contributed by atoms with E-state index in [2.05, 4.69) is 0 Å². The van der Waals surface area contributed by atoms with Crippen LogP contribution in [0.4, 0.5) is 22.7 Å². The Bertz CT molecular complexity index is 971. The van der Waals surface area contributed by atoms with Crippen LogP contribution < -0.4 is 15.5 Å². The average Bonchev–Trinajstić information content (AvgIpc) is 3.46. The first-order valence-electron chi connectivity index (χ1n) is 11.4. The van der Waals surface area contributed by atoms with E-state index in [-0.39, 0.29) is 30.7 Å². The number of nitrogens with two attached hydrogens (primary N) is 1. The molecular formula is C24H30N4O7. The van der Waals surface area contributed by atoms with Gasteiger partial charge in [-0.1, -0.05) is 0 Å². The fourth-order valence-electron chi connectivity index (χ4n) is 3.50. The predicted molar refractivity (Wildman–Crippen MR) is 130 cm³/mol. The smallest absolute Gasteiger partial charge is 0.269 e. The van der Waals surface area contributed by atoms with Gasteiger partial charge in [-0.25, -0.2) is 0 Å². The minimum Gasteiger partial charge on any atom is -0.399 e. The van der Waals surface area contributed by atoms with Gasteiger partial charge in [0.05, 0.1) is 18.1 Å². The van der Waals surface area contributed by atoms with E-state index in [0.29, 0.717) is 37.7 Å². The van der Waals surface area contributed by atoms with Crippen LogP contribution in [0.1, 0.15) is 12.8 Å². The second kappa shape index (κ2) is 13.4. The van der Waals surface area contributed by atoms with Gasteiger partial charge in [-0.15, -0.1) is 0 Å². The van der Waals surface area contributed by atoms with E-state index in [1.807, 2.05) is 12.1 Å². The summed E-state index contributed by atoms with van der Waals surface area (Å²) < 4.78 is 15.0. The number of morpholine rings is 2. The molecule has 0 radical (unpaired) electrons. The molecule has 3 saturated heterocycles. The van der Waals surface area contributed by atoms with Gasteiger partial charge in [0.2, 0.25) is 0 Å². The maximum absolute atomic E-state index is 11.5. The Balaban J connectivity index is 0.000000164. The molecule has 11 heteroatoms. The number of carbonyl (C=O) groups excluding carboxylic acids is 2. The summed E-state index contributed by atoms with van der Waals surface area (Å²) in [6.45, 7) is 4.42. The number of hydrogen-bond donors (Lipinski definition) is 1. The lowest BCUT2D eigenvalue weighted by molar-refractivity contribution is -0.384. The summed E-state index contributed by atoms with van der Waals surface area (Å²) in [5, 5.41) is 10.5. The fourth-order valence-corrected chi connectivity index (χ4v) is 3.50. The van der Waals surface area contributed by atoms with Gasteiger partial charge in [0.15, 0.2) is 0 Å². The topological polar surface area (TPSA) is 137 Å². The zero-order chi connectivity index (χ0) is 25.0. The molecule has 0 aromatic heterocycles. The maximum Gasteiger partial charge on any atom is 0.269 e. The van der Waals surface area contributed by atoms with Crippen LogP contribution in [0.5, 0.6) is 0 Å². The highest BCUT2D eigenvalue weighted by atomic mass is 16.6. The molecule has 5 rings (SSSR count). The fraction of sp³-hybridized carbons (Fsp3) is 0.417. The second-order valence-electron chi connectivity index (χ2n) is 7.88. The molecule has 3 aliphatic rings. The molecule has 3 fully saturated rings. The minimum atomic E-state index is -0.467. The molecule has 0 bridgehead atoms. The average molecular weight is 487 g/mol. The highest BCUT2D eigenvalue weighted by Crippen LogP contribution is 2.20. The molecule has 2 aromatic rings. The van der Waals surface area contributed by atoms with Crippen molar-refractivity contribution in [2.24, 2.45) is 0 Å². The van der Waals surface area contributed by atoms with E-state index in [4.69, 9.17) is 19.9 Å². The highest BCUT2D eigenvalue weighted by molar-refractivity contribution is 5.95. The summed E-state index contributed by atoms with van der Waals surface area (Å²) in [6.07, 6.45) is 2.56. The van der Waals surface area contributed by atoms with Crippen molar-refractivity contribution in [3.8, 4) is 0 Å². The second-order valence-corrected chi connectivity index (χ2v) is 7.88. The predicted octanol–water partition coefficient (Wildman–Crippen LogP) is 2.39. The summed E-state index contributed by atoms with van der Waals surface area (Å²) in [5.74, 6) is -0.124. The summed E-state index contributed by atoms with van der Waals surface area (Å²) in [7, 11) is 0. The maximum atomic E-state index is 11.5. The van der Waals surface area contributed by atoms with Gasteiger partial charge in [0.25, 0.3) is 17.5 Å². The van der Waals surface area contributed by atoms with Crippen LogP contribution in [0.3, 0.4) is 0 Å². The van der Waals surface area contributed by atoms with Crippen molar-refractivity contribution in [3.63, 3.8) is 0 Å². The molecule has 2 aromatic carbocycles. The Hall–Kier alpha value is -3.54. The summed E-state index contributed by atoms with van der Waals surface area (Å²) >= 11 is 0. The highest BCUT2D eigenvalue weighted by Gasteiger charge is 2.21. The number of carbonyl (C=O) groups is 2. The van der Waals surface area contributed by atoms with Gasteiger partial charge in [0.1, 0.15) is 13.2 Å². The SMILES string of the molecule is C1CCOC1.Nc1ccc(N2CCOCC2=O)cc1.O=C1COCCN1c1ccc([N+](=O)[O-])cc1. The van der Waals surface area contributed by atoms with Gasteiger partial charge in [-0.2, -0.15) is 0 Å². The lowest BCUT2D eigenvalue weighted by Gasteiger charge is -2.26. The number of nitro benzene ring substituents is 1. The standard InChI is InChI=1S/C10H10N2O4.C10H12N2O2.C4H8O/c13-10-7-16-6-5-11(10)8-1-3-9(4-2-8)12(14)15;11-8-1-3-9(4-2-8)12-5-6-14-7-10(12)13;1-2-4-5-3-1/h1-4H,5-7H2;1-4H,5-7,11H2;1-4H2. The number of non-ortho nitro benzene ring substituents is 1. The van der Waals surface area contributed by atoms with Crippen molar-refractivity contribution >= 4 is 34.6 Å². The number of anilines is 3. The van der Waals surface area contributed by atoms with Gasteiger partial charge in [-0.3, -0.25) is 19.7 Å². The lowest BCUT2D eigenvalue weighted by Crippen LogP contribution is -2.41. The zero-order valence-electron chi connectivity index (χ0n) is 19.5. The van der Waals surface area contributed by atoms with Crippen molar-refractivity contribution in [2.75, 3.05) is 68.3 Å². The molecule has 0 spiro atoms. The lowest BCUT2D eigenvalue weighted by atomic mass is 10.2. The number of hydrogen-bond acceptors (Lipinski definition) is 8. The molecule has 3 aliphatic heterocycles. The molecule has 3 heterocycles. The molecule has 0 atom stereocenters. The van der Waals surface area contributed by atoms with Gasteiger partial charge in [-0.05, 0) is 49.2 Å². The molecule has 0 aliphatic carbocycles. The number of rotatable bonds is 3. The molecule has 0 saturated carbocycles. The largest absolute Gasteiger partial charge is 0.399 e. The van der Waals surface area contributed by atoms with Crippen molar-refractivity contribution in [1.82, 2.24) is 0 Å². The van der Waals surface area contributed by atoms with Crippen molar-refractivity contribution < 1.29 is 28.7 Å². The van der Waals surface area contributed by atoms with E-state index in [1.54, 1.807) is 34.1 Å². The van der Waals surface area contributed by atoms with Crippen molar-refractivity contribution in [3.05, 3.63) is 58.6 Å². The summed E-state index contributed by atoms with van der Waals surface area (Å²) in [4.78, 5) is 36.2. The number of nitrogen functional groups attached to an aromatic ring is 1. The van der Waals surface area contributed by atoms with Crippen LogP contribution in [0.15, 0.2) is 48.5 Å². The molecule has 35 heavy (non-hydrogen) atoms. The zero-order valence-corrected chi connectivity index (χ0v) is 19.5. The van der Waals surface area contributed by atoms with Crippen LogP contribution in [0.25, 0.3) is 0 Å². The van der Waals surface area contributed by atoms with E-state index in [1.165, 1.54) is 25.0 Å². The summed E-state index contributed by atoms with van der Waals surface area (Å²) in [6, 6.07) is 13.2. The Morgan fingerprint density at radius 3 is 1.54 bits per heavy atom. The van der Waals surface area contributed by atoms with Crippen LogP contribution in [-0.2, 0) is 23.8 Å². The van der Waals surface area contributed by atoms with Gasteiger partial charge in [0, 0.05) is 55.5 Å². The van der Waals surface area contributed by atoms with Crippen molar-refractivity contribution in [2.45, 2.75) is 12.8 Å². The minimum absolute atomic E-state index is 0.000946. The molecule has 11 nitrogen and oxygen atoms in total. The van der Waals surface area contributed by atoms with Crippen LogP contribution >= 0.6 is 0 Å². The summed E-state index contributed by atoms with van der Waals surface area (Å²) in [5.41, 5.74) is 7.83. The third kappa shape index (κ3) is 8.02. The van der Waals surface area contributed by atoms with Gasteiger partial charge >= 0.3 is 0 Å². The Morgan fingerprint density at radius 2 is 1.17 bits per heavy atom. The first kappa shape index (κ1) is 26.1. The van der Waals surface area contributed by atoms with E-state index >= 15 is 0 Å². The van der Waals surface area contributed by atoms with Crippen molar-refractivity contribution in [1.29, 1.82) is 0 Å². The van der Waals surface area contributed by atoms with Crippen LogP contribution in [-0.4, -0.2) is 69.5 Å². The number of amides is 2. The number of benzene rings is 2. The molecule has 188 valence electrons. The number of ether oxygens (including phenoxy) is 3. The van der Waals surface area contributed by atoms with E-state index in [9.17, 15) is 19.7 Å². The Kier molecular flexibility index (Phi) is 9.96. The van der Waals surface area contributed by atoms with Crippen LogP contribution in [0.2, 0.25) is 0 Å². The molecule has 0 unspecified atom stereocenters.